The molecule has 0 bridgehead atoms. The molecule has 1 aliphatic rings. The maximum Gasteiger partial charge on any atom is 0.318 e. The van der Waals surface area contributed by atoms with Crippen molar-refractivity contribution in [2.24, 2.45) is 0 Å². The lowest BCUT2D eigenvalue weighted by atomic mass is 10.0. The summed E-state index contributed by atoms with van der Waals surface area (Å²) >= 11 is 0. The van der Waals surface area contributed by atoms with E-state index in [2.05, 4.69) is 5.32 Å². The van der Waals surface area contributed by atoms with E-state index in [-0.39, 0.29) is 17.9 Å². The molecule has 3 rings (SSSR count). The van der Waals surface area contributed by atoms with Gasteiger partial charge < -0.3 is 10.2 Å². The summed E-state index contributed by atoms with van der Waals surface area (Å²) in [6.07, 6.45) is 1.89. The molecule has 1 fully saturated rings. The number of likely N-dealkylation sites (tertiary alicyclic amines) is 1. The third-order valence-electron chi connectivity index (χ3n) is 4.33. The lowest BCUT2D eigenvalue weighted by molar-refractivity contribution is 0.192. The summed E-state index contributed by atoms with van der Waals surface area (Å²) in [7, 11) is 0. The Morgan fingerprint density at radius 1 is 1.17 bits per heavy atom. The zero-order chi connectivity index (χ0) is 16.2. The Kier molecular flexibility index (Phi) is 4.60. The number of rotatable bonds is 3. The fourth-order valence-corrected chi connectivity index (χ4v) is 3.03. The Morgan fingerprint density at radius 2 is 1.87 bits per heavy atom. The van der Waals surface area contributed by atoms with Crippen LogP contribution in [0.5, 0.6) is 0 Å². The molecule has 2 aromatic carbocycles. The van der Waals surface area contributed by atoms with Crippen LogP contribution in [0.3, 0.4) is 0 Å². The summed E-state index contributed by atoms with van der Waals surface area (Å²) in [5.41, 5.74) is 3.28. The number of amides is 2. The van der Waals surface area contributed by atoms with Crippen molar-refractivity contribution >= 4 is 6.03 Å². The zero-order valence-corrected chi connectivity index (χ0v) is 13.3. The Balaban J connectivity index is 1.63. The van der Waals surface area contributed by atoms with Gasteiger partial charge in [0.1, 0.15) is 5.82 Å². The minimum atomic E-state index is -0.248. The molecule has 1 atom stereocenters. The number of urea groups is 1. The summed E-state index contributed by atoms with van der Waals surface area (Å²) in [4.78, 5) is 14.3. The number of benzene rings is 2. The van der Waals surface area contributed by atoms with Gasteiger partial charge in [0.25, 0.3) is 0 Å². The van der Waals surface area contributed by atoms with Gasteiger partial charge in [0.15, 0.2) is 0 Å². The lowest BCUT2D eigenvalue weighted by Crippen LogP contribution is -2.39. The largest absolute Gasteiger partial charge is 0.334 e. The van der Waals surface area contributed by atoms with Crippen LogP contribution in [0.1, 0.15) is 35.6 Å². The van der Waals surface area contributed by atoms with Crippen LogP contribution in [0.25, 0.3) is 0 Å². The summed E-state index contributed by atoms with van der Waals surface area (Å²) in [5, 5.41) is 2.98. The highest BCUT2D eigenvalue weighted by atomic mass is 19.1. The van der Waals surface area contributed by atoms with Gasteiger partial charge in [0.05, 0.1) is 6.04 Å². The third kappa shape index (κ3) is 3.70. The zero-order valence-electron chi connectivity index (χ0n) is 13.3. The molecule has 23 heavy (non-hydrogen) atoms. The lowest BCUT2D eigenvalue weighted by Gasteiger charge is -2.25. The number of halogens is 1. The number of aryl methyl sites for hydroxylation is 1. The molecule has 1 N–H and O–H groups in total. The summed E-state index contributed by atoms with van der Waals surface area (Å²) < 4.78 is 13.1. The molecule has 1 saturated heterocycles. The highest BCUT2D eigenvalue weighted by Gasteiger charge is 2.29. The number of nitrogens with one attached hydrogen (secondary N) is 1. The molecule has 4 heteroatoms. The second-order valence-electron chi connectivity index (χ2n) is 6.05. The molecule has 1 aliphatic heterocycles. The first kappa shape index (κ1) is 15.5. The van der Waals surface area contributed by atoms with Crippen molar-refractivity contribution in [1.82, 2.24) is 10.2 Å². The molecule has 0 aliphatic carbocycles. The summed E-state index contributed by atoms with van der Waals surface area (Å²) in [5.74, 6) is -0.248. The van der Waals surface area contributed by atoms with Gasteiger partial charge in [0.2, 0.25) is 0 Å². The summed E-state index contributed by atoms with van der Waals surface area (Å²) in [6.45, 7) is 3.30. The fourth-order valence-electron chi connectivity index (χ4n) is 3.03. The second kappa shape index (κ2) is 6.82. The molecule has 2 amide bonds. The number of carbonyl (C=O) groups is 1. The van der Waals surface area contributed by atoms with E-state index in [0.717, 1.165) is 30.5 Å². The van der Waals surface area contributed by atoms with E-state index in [1.807, 2.05) is 36.1 Å². The molecule has 0 spiro atoms. The number of hydrogen-bond acceptors (Lipinski definition) is 1. The quantitative estimate of drug-likeness (QED) is 0.906. The number of hydrogen-bond donors (Lipinski definition) is 1. The van der Waals surface area contributed by atoms with Gasteiger partial charge in [-0.1, -0.05) is 42.0 Å². The van der Waals surface area contributed by atoms with Gasteiger partial charge in [0, 0.05) is 13.1 Å². The van der Waals surface area contributed by atoms with Gasteiger partial charge >= 0.3 is 6.03 Å². The smallest absolute Gasteiger partial charge is 0.318 e. The Morgan fingerprint density at radius 3 is 2.57 bits per heavy atom. The molecule has 0 unspecified atom stereocenters. The first-order chi connectivity index (χ1) is 11.1. The monoisotopic (exact) mass is 312 g/mol. The molecular weight excluding hydrogens is 291 g/mol. The molecule has 0 saturated carbocycles. The fraction of sp³-hybridized carbons (Fsp3) is 0.316. The minimum absolute atomic E-state index is 0.0358. The van der Waals surface area contributed by atoms with Crippen LogP contribution < -0.4 is 5.32 Å². The van der Waals surface area contributed by atoms with Crippen molar-refractivity contribution in [3.63, 3.8) is 0 Å². The predicted molar refractivity (Wildman–Crippen MR) is 88.5 cm³/mol. The van der Waals surface area contributed by atoms with Gasteiger partial charge in [-0.2, -0.15) is 0 Å². The van der Waals surface area contributed by atoms with Crippen molar-refractivity contribution < 1.29 is 9.18 Å². The average molecular weight is 312 g/mol. The number of nitrogens with zero attached hydrogens (tertiary/aromatic N) is 1. The Hall–Kier alpha value is -2.36. The molecule has 1 heterocycles. The first-order valence-electron chi connectivity index (χ1n) is 7.99. The summed E-state index contributed by atoms with van der Waals surface area (Å²) in [6, 6.07) is 14.6. The second-order valence-corrected chi connectivity index (χ2v) is 6.05. The van der Waals surface area contributed by atoms with E-state index < -0.39 is 0 Å². The standard InChI is InChI=1S/C19H21FN2O/c1-14-4-6-15(7-5-14)13-21-19(23)22-12-2-3-18(22)16-8-10-17(20)11-9-16/h4-11,18H,2-3,12-13H2,1H3,(H,21,23)/t18-/m1/s1. The normalized spacial score (nSPS) is 17.3. The van der Waals surface area contributed by atoms with Crippen molar-refractivity contribution in [3.05, 3.63) is 71.0 Å². The first-order valence-corrected chi connectivity index (χ1v) is 7.99. The van der Waals surface area contributed by atoms with Crippen molar-refractivity contribution in [2.45, 2.75) is 32.4 Å². The molecule has 0 radical (unpaired) electrons. The van der Waals surface area contributed by atoms with Crippen molar-refractivity contribution in [1.29, 1.82) is 0 Å². The molecule has 2 aromatic rings. The van der Waals surface area contributed by atoms with Crippen LogP contribution in [0.4, 0.5) is 9.18 Å². The maximum absolute atomic E-state index is 13.1. The van der Waals surface area contributed by atoms with Crippen LogP contribution in [0.15, 0.2) is 48.5 Å². The van der Waals surface area contributed by atoms with Gasteiger partial charge in [-0.05, 0) is 43.0 Å². The van der Waals surface area contributed by atoms with Crippen LogP contribution in [-0.2, 0) is 6.54 Å². The minimum Gasteiger partial charge on any atom is -0.334 e. The molecule has 3 nitrogen and oxygen atoms in total. The van der Waals surface area contributed by atoms with Crippen molar-refractivity contribution in [3.8, 4) is 0 Å². The van der Waals surface area contributed by atoms with Crippen LogP contribution >= 0.6 is 0 Å². The van der Waals surface area contributed by atoms with E-state index in [9.17, 15) is 9.18 Å². The SMILES string of the molecule is Cc1ccc(CNC(=O)N2CCC[C@@H]2c2ccc(F)cc2)cc1. The highest BCUT2D eigenvalue weighted by Crippen LogP contribution is 2.31. The highest BCUT2D eigenvalue weighted by molar-refractivity contribution is 5.75. The maximum atomic E-state index is 13.1. The third-order valence-corrected chi connectivity index (χ3v) is 4.33. The van der Waals surface area contributed by atoms with Gasteiger partial charge in [-0.3, -0.25) is 0 Å². The van der Waals surface area contributed by atoms with E-state index in [4.69, 9.17) is 0 Å². The van der Waals surface area contributed by atoms with Crippen molar-refractivity contribution in [2.75, 3.05) is 6.54 Å². The van der Waals surface area contributed by atoms with Crippen LogP contribution in [-0.4, -0.2) is 17.5 Å². The Labute approximate surface area is 136 Å². The van der Waals surface area contributed by atoms with E-state index in [1.165, 1.54) is 17.7 Å². The van der Waals surface area contributed by atoms with Crippen LogP contribution in [0.2, 0.25) is 0 Å². The number of carbonyl (C=O) groups excluding carboxylic acids is 1. The molecule has 0 aromatic heterocycles. The van der Waals surface area contributed by atoms with Crippen LogP contribution in [0, 0.1) is 12.7 Å². The van der Waals surface area contributed by atoms with E-state index >= 15 is 0 Å². The van der Waals surface area contributed by atoms with Gasteiger partial charge in [-0.15, -0.1) is 0 Å². The van der Waals surface area contributed by atoms with E-state index in [1.54, 1.807) is 12.1 Å². The van der Waals surface area contributed by atoms with E-state index in [0.29, 0.717) is 6.54 Å². The predicted octanol–water partition coefficient (Wildman–Crippen LogP) is 4.18. The topological polar surface area (TPSA) is 32.3 Å². The Bertz CT molecular complexity index is 667. The van der Waals surface area contributed by atoms with Gasteiger partial charge in [-0.25, -0.2) is 9.18 Å². The molecular formula is C19H21FN2O. The molecule has 120 valence electrons. The average Bonchev–Trinajstić information content (AvgIpc) is 3.04.